The van der Waals surface area contributed by atoms with E-state index in [1.54, 1.807) is 0 Å². The molecule has 0 amide bonds. The molecule has 1 saturated heterocycles. The summed E-state index contributed by atoms with van der Waals surface area (Å²) in [6.45, 7) is 13.6. The Morgan fingerprint density at radius 3 is 2.29 bits per heavy atom. The number of Topliss-reactive ketones (excluding diaryl/α,β-unsaturated/α-hetero) is 2. The Morgan fingerprint density at radius 1 is 0.974 bits per heavy atom. The molecule has 11 unspecified atom stereocenters. The molecule has 0 aromatic heterocycles. The molecule has 7 fully saturated rings. The van der Waals surface area contributed by atoms with Crippen LogP contribution in [0, 0.1) is 67.0 Å². The number of rotatable bonds is 1. The van der Waals surface area contributed by atoms with Gasteiger partial charge >= 0.3 is 5.97 Å². The first-order valence-electron chi connectivity index (χ1n) is 14.8. The average molecular weight is 522 g/mol. The van der Waals surface area contributed by atoms with Crippen LogP contribution in [-0.2, 0) is 23.9 Å². The van der Waals surface area contributed by atoms with Crippen LogP contribution in [0.4, 0.5) is 0 Å². The predicted octanol–water partition coefficient (Wildman–Crippen LogP) is 5.42. The van der Waals surface area contributed by atoms with Gasteiger partial charge in [-0.2, -0.15) is 5.26 Å². The third-order valence-electron chi connectivity index (χ3n) is 14.9. The first-order chi connectivity index (χ1) is 17.6. The Hall–Kier alpha value is -1.74. The molecule has 6 aliphatic carbocycles. The lowest BCUT2D eigenvalue weighted by atomic mass is 9.31. The summed E-state index contributed by atoms with van der Waals surface area (Å²) >= 11 is 0. The van der Waals surface area contributed by atoms with Crippen molar-refractivity contribution < 1.29 is 23.9 Å². The second-order valence-corrected chi connectivity index (χ2v) is 16.2. The summed E-state index contributed by atoms with van der Waals surface area (Å²) in [5.74, 6) is 0.00170. The molecule has 0 aromatic carbocycles. The van der Waals surface area contributed by atoms with Crippen molar-refractivity contribution in [3.8, 4) is 6.07 Å². The van der Waals surface area contributed by atoms with Crippen molar-refractivity contribution in [1.29, 1.82) is 5.26 Å². The minimum Gasteiger partial charge on any atom is -0.469 e. The van der Waals surface area contributed by atoms with Gasteiger partial charge in [0.15, 0.2) is 5.78 Å². The molecule has 1 heterocycles. The number of carbonyl (C=O) groups excluding carboxylic acids is 3. The van der Waals surface area contributed by atoms with E-state index in [0.717, 1.165) is 51.4 Å². The fraction of sp³-hybridized carbons (Fsp3) is 0.875. The van der Waals surface area contributed by atoms with E-state index in [-0.39, 0.29) is 56.9 Å². The lowest BCUT2D eigenvalue weighted by Crippen LogP contribution is -2.70. The summed E-state index contributed by atoms with van der Waals surface area (Å²) < 4.78 is 11.6. The fourth-order valence-corrected chi connectivity index (χ4v) is 12.5. The standard InChI is InChI=1S/C32H43NO5/c1-25(2)8-11-30(24(36)37-7)12-9-27(4)21(18(30)15-25)19(34)14-20-26(27,3)10-13-31-16-28(31,5)22(35)32(17-33)23(38-32)29(20,31)6/h18,20-21,23H,8-16H2,1-7H3. The third kappa shape index (κ3) is 2.27. The van der Waals surface area contributed by atoms with Crippen LogP contribution in [0.5, 0.6) is 0 Å². The van der Waals surface area contributed by atoms with Gasteiger partial charge in [-0.25, -0.2) is 0 Å². The maximum absolute atomic E-state index is 14.6. The zero-order valence-corrected chi connectivity index (χ0v) is 24.2. The molecule has 7 rings (SSSR count). The lowest BCUT2D eigenvalue weighted by Gasteiger charge is -2.71. The van der Waals surface area contributed by atoms with Crippen molar-refractivity contribution in [2.24, 2.45) is 55.7 Å². The number of ketones is 2. The van der Waals surface area contributed by atoms with Gasteiger partial charge in [-0.15, -0.1) is 0 Å². The SMILES string of the molecule is COC(=O)C12CCC(C)(C)CC1C1C(=O)CC3C(C)(CCC45CC4(C)C(=O)C4(C#N)OC4C35C)C1(C)CC2. The second kappa shape index (κ2) is 6.59. The molecule has 0 N–H and O–H groups in total. The molecule has 1 spiro atoms. The number of epoxide rings is 1. The molecule has 6 saturated carbocycles. The number of methoxy groups -OCH3 is 1. The van der Waals surface area contributed by atoms with E-state index in [4.69, 9.17) is 9.47 Å². The largest absolute Gasteiger partial charge is 0.469 e. The Morgan fingerprint density at radius 2 is 1.63 bits per heavy atom. The molecule has 1 aliphatic heterocycles. The smallest absolute Gasteiger partial charge is 0.312 e. The summed E-state index contributed by atoms with van der Waals surface area (Å²) in [6, 6.07) is 2.29. The molecule has 6 heteroatoms. The third-order valence-corrected chi connectivity index (χ3v) is 14.9. The summed E-state index contributed by atoms with van der Waals surface area (Å²) in [5, 5.41) is 10.1. The number of ether oxygens (including phenoxy) is 2. The summed E-state index contributed by atoms with van der Waals surface area (Å²) in [7, 11) is 1.50. The minimum atomic E-state index is -1.33. The molecule has 206 valence electrons. The van der Waals surface area contributed by atoms with Gasteiger partial charge in [0.1, 0.15) is 18.0 Å². The van der Waals surface area contributed by atoms with Gasteiger partial charge in [0, 0.05) is 23.2 Å². The topological polar surface area (TPSA) is 96.8 Å². The molecule has 7 aliphatic rings. The first kappa shape index (κ1) is 25.2. The fourth-order valence-electron chi connectivity index (χ4n) is 12.5. The highest BCUT2D eigenvalue weighted by Crippen LogP contribution is 2.89. The Labute approximate surface area is 226 Å². The number of nitriles is 1. The maximum Gasteiger partial charge on any atom is 0.312 e. The van der Waals surface area contributed by atoms with Gasteiger partial charge in [-0.3, -0.25) is 14.4 Å². The van der Waals surface area contributed by atoms with E-state index in [1.165, 1.54) is 7.11 Å². The van der Waals surface area contributed by atoms with Crippen LogP contribution in [0.2, 0.25) is 0 Å². The molecule has 38 heavy (non-hydrogen) atoms. The zero-order chi connectivity index (χ0) is 27.5. The van der Waals surface area contributed by atoms with Crippen molar-refractivity contribution >= 4 is 17.5 Å². The number of carbonyl (C=O) groups is 3. The summed E-state index contributed by atoms with van der Waals surface area (Å²) in [6.07, 6.45) is 6.98. The van der Waals surface area contributed by atoms with E-state index in [1.807, 2.05) is 0 Å². The molecule has 11 atom stereocenters. The lowest BCUT2D eigenvalue weighted by molar-refractivity contribution is -0.234. The van der Waals surface area contributed by atoms with Gasteiger partial charge in [0.2, 0.25) is 5.60 Å². The number of esters is 1. The number of nitrogens with zero attached hydrogens (tertiary/aromatic N) is 1. The van der Waals surface area contributed by atoms with Crippen LogP contribution in [-0.4, -0.2) is 36.4 Å². The molecular formula is C32H43NO5. The quantitative estimate of drug-likeness (QED) is 0.337. The van der Waals surface area contributed by atoms with Crippen LogP contribution in [0.15, 0.2) is 0 Å². The predicted molar refractivity (Wildman–Crippen MR) is 138 cm³/mol. The van der Waals surface area contributed by atoms with E-state index >= 15 is 0 Å². The van der Waals surface area contributed by atoms with E-state index in [2.05, 4.69) is 47.6 Å². The van der Waals surface area contributed by atoms with Crippen molar-refractivity contribution in [2.75, 3.05) is 7.11 Å². The van der Waals surface area contributed by atoms with E-state index in [9.17, 15) is 19.6 Å². The van der Waals surface area contributed by atoms with Gasteiger partial charge in [0.25, 0.3) is 0 Å². The Balaban J connectivity index is 1.35. The van der Waals surface area contributed by atoms with Crippen LogP contribution in [0.1, 0.15) is 99.3 Å². The molecular weight excluding hydrogens is 478 g/mol. The van der Waals surface area contributed by atoms with E-state index in [0.29, 0.717) is 6.42 Å². The van der Waals surface area contributed by atoms with Crippen molar-refractivity contribution in [2.45, 2.75) is 111 Å². The molecule has 0 aromatic rings. The van der Waals surface area contributed by atoms with Gasteiger partial charge in [-0.1, -0.05) is 41.5 Å². The Bertz CT molecular complexity index is 1250. The first-order valence-corrected chi connectivity index (χ1v) is 14.8. The van der Waals surface area contributed by atoms with Gasteiger partial charge in [0.05, 0.1) is 12.5 Å². The second-order valence-electron chi connectivity index (χ2n) is 16.2. The van der Waals surface area contributed by atoms with Crippen LogP contribution in [0.3, 0.4) is 0 Å². The molecule has 0 bridgehead atoms. The van der Waals surface area contributed by atoms with Crippen LogP contribution >= 0.6 is 0 Å². The van der Waals surface area contributed by atoms with Crippen molar-refractivity contribution in [3.05, 3.63) is 0 Å². The van der Waals surface area contributed by atoms with E-state index < -0.39 is 27.9 Å². The average Bonchev–Trinajstić information content (AvgIpc) is 3.76. The summed E-state index contributed by atoms with van der Waals surface area (Å²) in [4.78, 5) is 41.6. The number of hydrogen-bond donors (Lipinski definition) is 0. The zero-order valence-electron chi connectivity index (χ0n) is 24.2. The summed E-state index contributed by atoms with van der Waals surface area (Å²) in [5.41, 5.74) is -3.36. The van der Waals surface area contributed by atoms with Crippen LogP contribution in [0.25, 0.3) is 0 Å². The number of fused-ring (bicyclic) bond motifs is 8. The van der Waals surface area contributed by atoms with Crippen molar-refractivity contribution in [1.82, 2.24) is 0 Å². The van der Waals surface area contributed by atoms with Crippen molar-refractivity contribution in [3.63, 3.8) is 0 Å². The monoisotopic (exact) mass is 521 g/mol. The normalized spacial score (nSPS) is 59.0. The van der Waals surface area contributed by atoms with Gasteiger partial charge < -0.3 is 9.47 Å². The van der Waals surface area contributed by atoms with Gasteiger partial charge in [-0.05, 0) is 84.9 Å². The van der Waals surface area contributed by atoms with Crippen LogP contribution < -0.4 is 0 Å². The molecule has 0 radical (unpaired) electrons. The maximum atomic E-state index is 14.6. The highest BCUT2D eigenvalue weighted by molar-refractivity contribution is 6.03. The highest BCUT2D eigenvalue weighted by atomic mass is 16.6. The highest BCUT2D eigenvalue weighted by Gasteiger charge is 2.94. The number of hydrogen-bond acceptors (Lipinski definition) is 6. The Kier molecular flexibility index (Phi) is 4.38. The molecule has 6 nitrogen and oxygen atoms in total. The minimum absolute atomic E-state index is 0.0130.